The Hall–Kier alpha value is -1.41. The maximum absolute atomic E-state index is 9.55. The van der Waals surface area contributed by atoms with Crippen molar-refractivity contribution in [2.45, 2.75) is 77.4 Å². The lowest BCUT2D eigenvalue weighted by Gasteiger charge is -2.25. The van der Waals surface area contributed by atoms with E-state index in [0.717, 1.165) is 43.8 Å². The van der Waals surface area contributed by atoms with E-state index in [0.29, 0.717) is 12.1 Å². The first-order valence-electron chi connectivity index (χ1n) is 7.66. The molecule has 0 aromatic carbocycles. The van der Waals surface area contributed by atoms with Gasteiger partial charge in [0.25, 0.3) is 0 Å². The molecule has 1 aliphatic carbocycles. The van der Waals surface area contributed by atoms with Crippen molar-refractivity contribution in [2.24, 2.45) is 0 Å². The van der Waals surface area contributed by atoms with Crippen LogP contribution in [0.1, 0.15) is 64.6 Å². The molecule has 1 aromatic rings. The van der Waals surface area contributed by atoms with Crippen LogP contribution < -0.4 is 5.32 Å². The van der Waals surface area contributed by atoms with Gasteiger partial charge in [-0.3, -0.25) is 5.32 Å². The van der Waals surface area contributed by atoms with Crippen molar-refractivity contribution < 1.29 is 0 Å². The predicted octanol–water partition coefficient (Wildman–Crippen LogP) is 2.39. The summed E-state index contributed by atoms with van der Waals surface area (Å²) in [6.07, 6.45) is 4.45. The Morgan fingerprint density at radius 3 is 2.75 bits per heavy atom. The monoisotopic (exact) mass is 275 g/mol. The smallest absolute Gasteiger partial charge is 0.150 e. The molecule has 20 heavy (non-hydrogen) atoms. The first kappa shape index (κ1) is 15.0. The van der Waals surface area contributed by atoms with Crippen molar-refractivity contribution in [1.29, 1.82) is 5.26 Å². The molecule has 5 nitrogen and oxygen atoms in total. The first-order valence-corrected chi connectivity index (χ1v) is 7.66. The van der Waals surface area contributed by atoms with E-state index in [9.17, 15) is 5.26 Å². The molecule has 1 aromatic heterocycles. The van der Waals surface area contributed by atoms with Crippen LogP contribution in [0.5, 0.6) is 0 Å². The Bertz CT molecular complexity index is 499. The number of aromatic nitrogens is 3. The van der Waals surface area contributed by atoms with Crippen LogP contribution in [0.3, 0.4) is 0 Å². The van der Waals surface area contributed by atoms with E-state index in [1.807, 2.05) is 0 Å². The number of rotatable bonds is 5. The molecule has 110 valence electrons. The minimum absolute atomic E-state index is 0.295. The molecule has 0 aliphatic heterocycles. The second-order valence-corrected chi connectivity index (χ2v) is 5.99. The van der Waals surface area contributed by atoms with Crippen LogP contribution in [-0.2, 0) is 12.8 Å². The molecule has 1 fully saturated rings. The molecule has 1 saturated carbocycles. The Labute approximate surface area is 121 Å². The molecule has 2 rings (SSSR count). The van der Waals surface area contributed by atoms with Gasteiger partial charge in [-0.05, 0) is 26.7 Å². The van der Waals surface area contributed by atoms with Crippen LogP contribution in [0, 0.1) is 11.3 Å². The number of nitrogens with one attached hydrogen (secondary N) is 1. The third-order valence-electron chi connectivity index (χ3n) is 3.99. The minimum atomic E-state index is -0.401. The van der Waals surface area contributed by atoms with Crippen LogP contribution in [0.15, 0.2) is 0 Å². The summed E-state index contributed by atoms with van der Waals surface area (Å²) in [5.74, 6) is 1.96. The van der Waals surface area contributed by atoms with Gasteiger partial charge in [0.05, 0.1) is 12.1 Å². The fraction of sp³-hybridized carbons (Fsp3) is 0.800. The number of nitriles is 1. The second-order valence-electron chi connectivity index (χ2n) is 5.99. The molecule has 5 heteroatoms. The average molecular weight is 275 g/mol. The minimum Gasteiger partial charge on any atom is -0.297 e. The van der Waals surface area contributed by atoms with Gasteiger partial charge in [0.15, 0.2) is 5.82 Å². The number of hydrogen-bond donors (Lipinski definition) is 1. The molecule has 0 spiro atoms. The van der Waals surface area contributed by atoms with Gasteiger partial charge in [-0.1, -0.05) is 13.8 Å². The molecular weight excluding hydrogens is 250 g/mol. The average Bonchev–Trinajstić information content (AvgIpc) is 3.02. The SMILES string of the molecule is CCc1nc(CC)n(C2CCC(C#N)(NC(C)C)C2)n1. The molecule has 1 N–H and O–H groups in total. The molecule has 0 saturated heterocycles. The third kappa shape index (κ3) is 2.85. The van der Waals surface area contributed by atoms with Crippen LogP contribution >= 0.6 is 0 Å². The van der Waals surface area contributed by atoms with Crippen LogP contribution in [0.2, 0.25) is 0 Å². The summed E-state index contributed by atoms with van der Waals surface area (Å²) in [5.41, 5.74) is -0.401. The zero-order chi connectivity index (χ0) is 14.8. The summed E-state index contributed by atoms with van der Waals surface area (Å²) in [7, 11) is 0. The van der Waals surface area contributed by atoms with E-state index < -0.39 is 5.54 Å². The van der Waals surface area contributed by atoms with Crippen LogP contribution in [0.4, 0.5) is 0 Å². The van der Waals surface area contributed by atoms with Gasteiger partial charge in [0, 0.05) is 25.3 Å². The molecule has 0 amide bonds. The fourth-order valence-electron chi connectivity index (χ4n) is 3.13. The molecule has 1 heterocycles. The number of aryl methyl sites for hydroxylation is 2. The summed E-state index contributed by atoms with van der Waals surface area (Å²) in [6, 6.07) is 3.11. The Balaban J connectivity index is 2.20. The largest absolute Gasteiger partial charge is 0.297 e. The van der Waals surface area contributed by atoms with Crippen LogP contribution in [-0.4, -0.2) is 26.3 Å². The molecule has 0 bridgehead atoms. The fourth-order valence-corrected chi connectivity index (χ4v) is 3.13. The topological polar surface area (TPSA) is 66.5 Å². The summed E-state index contributed by atoms with van der Waals surface area (Å²) < 4.78 is 2.07. The summed E-state index contributed by atoms with van der Waals surface area (Å²) in [5, 5.41) is 17.6. The first-order chi connectivity index (χ1) is 9.53. The normalized spacial score (nSPS) is 26.1. The highest BCUT2D eigenvalue weighted by Gasteiger charge is 2.41. The zero-order valence-corrected chi connectivity index (χ0v) is 13.0. The van der Waals surface area contributed by atoms with Crippen molar-refractivity contribution in [3.05, 3.63) is 11.6 Å². The molecular formula is C15H25N5. The molecule has 1 aliphatic rings. The lowest BCUT2D eigenvalue weighted by Crippen LogP contribution is -2.45. The van der Waals surface area contributed by atoms with Crippen molar-refractivity contribution in [3.63, 3.8) is 0 Å². The van der Waals surface area contributed by atoms with Crippen molar-refractivity contribution >= 4 is 0 Å². The Morgan fingerprint density at radius 1 is 1.45 bits per heavy atom. The lowest BCUT2D eigenvalue weighted by atomic mass is 9.98. The van der Waals surface area contributed by atoms with Gasteiger partial charge >= 0.3 is 0 Å². The zero-order valence-electron chi connectivity index (χ0n) is 13.0. The highest BCUT2D eigenvalue weighted by molar-refractivity contribution is 5.14. The van der Waals surface area contributed by atoms with Crippen molar-refractivity contribution in [3.8, 4) is 6.07 Å². The predicted molar refractivity (Wildman–Crippen MR) is 78.3 cm³/mol. The number of nitrogens with zero attached hydrogens (tertiary/aromatic N) is 4. The second kappa shape index (κ2) is 5.92. The Morgan fingerprint density at radius 2 is 2.20 bits per heavy atom. The maximum atomic E-state index is 9.55. The van der Waals surface area contributed by atoms with Crippen molar-refractivity contribution in [2.75, 3.05) is 0 Å². The van der Waals surface area contributed by atoms with Gasteiger partial charge in [0.1, 0.15) is 11.4 Å². The van der Waals surface area contributed by atoms with Gasteiger partial charge in [0.2, 0.25) is 0 Å². The summed E-state index contributed by atoms with van der Waals surface area (Å²) in [4.78, 5) is 4.57. The summed E-state index contributed by atoms with van der Waals surface area (Å²) >= 11 is 0. The van der Waals surface area contributed by atoms with E-state index in [1.165, 1.54) is 0 Å². The standard InChI is InChI=1S/C15H25N5/c1-5-13-17-14(6-2)20(19-13)12-7-8-15(9-12,10-16)18-11(3)4/h11-12,18H,5-9H2,1-4H3. The van der Waals surface area contributed by atoms with E-state index in [2.05, 4.69) is 53.8 Å². The van der Waals surface area contributed by atoms with Gasteiger partial charge in [-0.25, -0.2) is 9.67 Å². The lowest BCUT2D eigenvalue weighted by molar-refractivity contribution is 0.358. The molecule has 0 radical (unpaired) electrons. The molecule has 2 atom stereocenters. The van der Waals surface area contributed by atoms with Crippen molar-refractivity contribution in [1.82, 2.24) is 20.1 Å². The maximum Gasteiger partial charge on any atom is 0.150 e. The van der Waals surface area contributed by atoms with E-state index in [-0.39, 0.29) is 0 Å². The third-order valence-corrected chi connectivity index (χ3v) is 3.99. The number of hydrogen-bond acceptors (Lipinski definition) is 4. The van der Waals surface area contributed by atoms with Gasteiger partial charge < -0.3 is 0 Å². The summed E-state index contributed by atoms with van der Waals surface area (Å²) in [6.45, 7) is 8.37. The molecule has 2 unspecified atom stereocenters. The Kier molecular flexibility index (Phi) is 4.44. The van der Waals surface area contributed by atoms with E-state index in [1.54, 1.807) is 0 Å². The van der Waals surface area contributed by atoms with Gasteiger partial charge in [-0.2, -0.15) is 10.4 Å². The highest BCUT2D eigenvalue weighted by Crippen LogP contribution is 2.38. The van der Waals surface area contributed by atoms with E-state index in [4.69, 9.17) is 0 Å². The van der Waals surface area contributed by atoms with Crippen LogP contribution in [0.25, 0.3) is 0 Å². The van der Waals surface area contributed by atoms with E-state index >= 15 is 0 Å². The van der Waals surface area contributed by atoms with Gasteiger partial charge in [-0.15, -0.1) is 0 Å². The quantitative estimate of drug-likeness (QED) is 0.896. The highest BCUT2D eigenvalue weighted by atomic mass is 15.4.